The number of halogens is 1. The minimum atomic E-state index is -0.315. The topological polar surface area (TPSA) is 32.3 Å². The SMILES string of the molecule is Cc1cc(F)ccc1C(=O)NC(C)CCN(C)C. The Balaban J connectivity index is 2.59. The monoisotopic (exact) mass is 252 g/mol. The van der Waals surface area contributed by atoms with E-state index in [1.165, 1.54) is 18.2 Å². The second-order valence-corrected chi connectivity index (χ2v) is 4.93. The fourth-order valence-electron chi connectivity index (χ4n) is 1.71. The molecule has 1 atom stereocenters. The van der Waals surface area contributed by atoms with Crippen LogP contribution in [0.25, 0.3) is 0 Å². The summed E-state index contributed by atoms with van der Waals surface area (Å²) < 4.78 is 12.9. The lowest BCUT2D eigenvalue weighted by molar-refractivity contribution is 0.0936. The summed E-state index contributed by atoms with van der Waals surface area (Å²) in [5, 5.41) is 2.92. The van der Waals surface area contributed by atoms with Crippen LogP contribution in [-0.2, 0) is 0 Å². The van der Waals surface area contributed by atoms with Gasteiger partial charge in [-0.3, -0.25) is 4.79 Å². The van der Waals surface area contributed by atoms with Gasteiger partial charge in [-0.15, -0.1) is 0 Å². The summed E-state index contributed by atoms with van der Waals surface area (Å²) in [6.45, 7) is 4.63. The number of rotatable bonds is 5. The van der Waals surface area contributed by atoms with E-state index in [-0.39, 0.29) is 17.8 Å². The maximum Gasteiger partial charge on any atom is 0.251 e. The van der Waals surface area contributed by atoms with Crippen LogP contribution in [0.4, 0.5) is 4.39 Å². The van der Waals surface area contributed by atoms with Crippen LogP contribution in [0.1, 0.15) is 29.3 Å². The predicted molar refractivity (Wildman–Crippen MR) is 71.2 cm³/mol. The zero-order chi connectivity index (χ0) is 13.7. The van der Waals surface area contributed by atoms with E-state index in [2.05, 4.69) is 10.2 Å². The van der Waals surface area contributed by atoms with E-state index in [0.29, 0.717) is 11.1 Å². The Morgan fingerprint density at radius 2 is 2.11 bits per heavy atom. The first-order chi connectivity index (χ1) is 8.40. The summed E-state index contributed by atoms with van der Waals surface area (Å²) in [4.78, 5) is 14.1. The summed E-state index contributed by atoms with van der Waals surface area (Å²) in [6.07, 6.45) is 0.888. The molecule has 0 aliphatic carbocycles. The Morgan fingerprint density at radius 1 is 1.44 bits per heavy atom. The molecule has 0 aliphatic heterocycles. The number of amides is 1. The number of hydrogen-bond acceptors (Lipinski definition) is 2. The van der Waals surface area contributed by atoms with Crippen molar-refractivity contribution in [2.45, 2.75) is 26.3 Å². The molecule has 1 aromatic carbocycles. The third kappa shape index (κ3) is 4.45. The highest BCUT2D eigenvalue weighted by Gasteiger charge is 2.12. The minimum absolute atomic E-state index is 0.101. The number of carbonyl (C=O) groups is 1. The Morgan fingerprint density at radius 3 is 2.67 bits per heavy atom. The molecule has 0 aromatic heterocycles. The van der Waals surface area contributed by atoms with Crippen LogP contribution in [0.5, 0.6) is 0 Å². The highest BCUT2D eigenvalue weighted by Crippen LogP contribution is 2.10. The van der Waals surface area contributed by atoms with Gasteiger partial charge in [0, 0.05) is 11.6 Å². The van der Waals surface area contributed by atoms with Gasteiger partial charge in [0.25, 0.3) is 5.91 Å². The first kappa shape index (κ1) is 14.6. The molecule has 0 fully saturated rings. The molecule has 0 aliphatic rings. The molecule has 3 nitrogen and oxygen atoms in total. The fraction of sp³-hybridized carbons (Fsp3) is 0.500. The molecule has 4 heteroatoms. The predicted octanol–water partition coefficient (Wildman–Crippen LogP) is 2.20. The lowest BCUT2D eigenvalue weighted by Crippen LogP contribution is -2.35. The minimum Gasteiger partial charge on any atom is -0.350 e. The largest absolute Gasteiger partial charge is 0.350 e. The van der Waals surface area contributed by atoms with Crippen LogP contribution >= 0.6 is 0 Å². The number of aryl methyl sites for hydroxylation is 1. The fourth-order valence-corrected chi connectivity index (χ4v) is 1.71. The second-order valence-electron chi connectivity index (χ2n) is 4.93. The highest BCUT2D eigenvalue weighted by atomic mass is 19.1. The van der Waals surface area contributed by atoms with E-state index in [9.17, 15) is 9.18 Å². The Kier molecular flexibility index (Phi) is 5.28. The van der Waals surface area contributed by atoms with Crippen LogP contribution < -0.4 is 5.32 Å². The molecule has 1 N–H and O–H groups in total. The van der Waals surface area contributed by atoms with Crippen molar-refractivity contribution in [2.75, 3.05) is 20.6 Å². The summed E-state index contributed by atoms with van der Waals surface area (Å²) in [5.74, 6) is -0.455. The molecule has 1 aromatic rings. The Bertz CT molecular complexity index is 418. The van der Waals surface area contributed by atoms with Gasteiger partial charge in [-0.1, -0.05) is 0 Å². The van der Waals surface area contributed by atoms with Gasteiger partial charge in [0.05, 0.1) is 0 Å². The quantitative estimate of drug-likeness (QED) is 0.871. The van der Waals surface area contributed by atoms with Crippen molar-refractivity contribution < 1.29 is 9.18 Å². The van der Waals surface area contributed by atoms with Crippen molar-refractivity contribution in [3.8, 4) is 0 Å². The molecule has 1 rings (SSSR count). The molecule has 0 radical (unpaired) electrons. The van der Waals surface area contributed by atoms with E-state index in [4.69, 9.17) is 0 Å². The van der Waals surface area contributed by atoms with Gasteiger partial charge in [-0.2, -0.15) is 0 Å². The van der Waals surface area contributed by atoms with E-state index >= 15 is 0 Å². The maximum absolute atomic E-state index is 12.9. The Labute approximate surface area is 108 Å². The molecule has 0 heterocycles. The average Bonchev–Trinajstić information content (AvgIpc) is 2.26. The number of carbonyl (C=O) groups excluding carboxylic acids is 1. The van der Waals surface area contributed by atoms with Gasteiger partial charge in [0.2, 0.25) is 0 Å². The lowest BCUT2D eigenvalue weighted by atomic mass is 10.1. The van der Waals surface area contributed by atoms with E-state index < -0.39 is 0 Å². The standard InChI is InChI=1S/C14H21FN2O/c1-10-9-12(15)5-6-13(10)14(18)16-11(2)7-8-17(3)4/h5-6,9,11H,7-8H2,1-4H3,(H,16,18). The normalized spacial score (nSPS) is 12.6. The number of hydrogen-bond donors (Lipinski definition) is 1. The second kappa shape index (κ2) is 6.50. The van der Waals surface area contributed by atoms with Gasteiger partial charge in [0.15, 0.2) is 0 Å². The first-order valence-corrected chi connectivity index (χ1v) is 6.12. The van der Waals surface area contributed by atoms with Crippen molar-refractivity contribution in [3.05, 3.63) is 35.1 Å². The van der Waals surface area contributed by atoms with Crippen LogP contribution in [0, 0.1) is 12.7 Å². The van der Waals surface area contributed by atoms with Crippen molar-refractivity contribution in [3.63, 3.8) is 0 Å². The van der Waals surface area contributed by atoms with Crippen LogP contribution in [0.2, 0.25) is 0 Å². The summed E-state index contributed by atoms with van der Waals surface area (Å²) in [5.41, 5.74) is 1.19. The smallest absolute Gasteiger partial charge is 0.251 e. The molecule has 18 heavy (non-hydrogen) atoms. The highest BCUT2D eigenvalue weighted by molar-refractivity contribution is 5.95. The van der Waals surface area contributed by atoms with Gasteiger partial charge in [-0.05, 0) is 64.7 Å². The zero-order valence-electron chi connectivity index (χ0n) is 11.5. The molecule has 1 amide bonds. The summed E-state index contributed by atoms with van der Waals surface area (Å²) >= 11 is 0. The molecular formula is C14H21FN2O. The summed E-state index contributed by atoms with van der Waals surface area (Å²) in [7, 11) is 4.00. The van der Waals surface area contributed by atoms with Crippen molar-refractivity contribution in [2.24, 2.45) is 0 Å². The average molecular weight is 252 g/mol. The molecule has 0 bridgehead atoms. The van der Waals surface area contributed by atoms with Gasteiger partial charge >= 0.3 is 0 Å². The molecule has 0 saturated heterocycles. The van der Waals surface area contributed by atoms with Crippen LogP contribution in [-0.4, -0.2) is 37.5 Å². The van der Waals surface area contributed by atoms with Crippen LogP contribution in [0.3, 0.4) is 0 Å². The summed E-state index contributed by atoms with van der Waals surface area (Å²) in [6, 6.07) is 4.31. The lowest BCUT2D eigenvalue weighted by Gasteiger charge is -2.17. The molecule has 0 spiro atoms. The number of nitrogens with zero attached hydrogens (tertiary/aromatic N) is 1. The van der Waals surface area contributed by atoms with Crippen molar-refractivity contribution >= 4 is 5.91 Å². The van der Waals surface area contributed by atoms with Crippen molar-refractivity contribution in [1.29, 1.82) is 0 Å². The van der Waals surface area contributed by atoms with Crippen molar-refractivity contribution in [1.82, 2.24) is 10.2 Å². The third-order valence-electron chi connectivity index (χ3n) is 2.82. The van der Waals surface area contributed by atoms with Gasteiger partial charge < -0.3 is 10.2 Å². The number of nitrogens with one attached hydrogen (secondary N) is 1. The van der Waals surface area contributed by atoms with E-state index in [0.717, 1.165) is 13.0 Å². The van der Waals surface area contributed by atoms with Gasteiger partial charge in [0.1, 0.15) is 5.82 Å². The zero-order valence-corrected chi connectivity index (χ0v) is 11.5. The first-order valence-electron chi connectivity index (χ1n) is 6.12. The number of benzene rings is 1. The van der Waals surface area contributed by atoms with E-state index in [1.807, 2.05) is 21.0 Å². The molecule has 1 unspecified atom stereocenters. The maximum atomic E-state index is 12.9. The third-order valence-corrected chi connectivity index (χ3v) is 2.82. The van der Waals surface area contributed by atoms with E-state index in [1.54, 1.807) is 6.92 Å². The van der Waals surface area contributed by atoms with Gasteiger partial charge in [-0.25, -0.2) is 4.39 Å². The van der Waals surface area contributed by atoms with Crippen LogP contribution in [0.15, 0.2) is 18.2 Å². The molecular weight excluding hydrogens is 231 g/mol. The molecule has 0 saturated carbocycles. The Hall–Kier alpha value is -1.42. The molecule has 100 valence electrons.